The molecule has 1 amide bonds. The molecule has 0 aromatic heterocycles. The van der Waals surface area contributed by atoms with Crippen LogP contribution in [-0.2, 0) is 57.1 Å². The number of hydrogen-bond donors (Lipinski definition) is 2. The standard InChI is InChI=1S/C56H89NO14/c1-13-17-40-25-34(4)24-35(5)26-47(66-11)51-48(67-12)28-37(7)56(64,71-51)52(61)53(62)57-23-15-14-19-42(57)54(63)70-50(38(8)43(58)30-44(40)59)36(6)27-39-20-21-45(46(29-39)65-10)69-49(60)32-68-41-18-16-22-55(9,31-41)33(2)3/h13,25,27,33,35,37-43,45-48,50-51,58,64H,1,14-24,26,28-32H2,2-12H3/b34-25+,36-27?. The van der Waals surface area contributed by atoms with Crippen LogP contribution in [0.25, 0.3) is 0 Å². The van der Waals surface area contributed by atoms with Crippen LogP contribution in [0.15, 0.2) is 36.0 Å². The lowest BCUT2D eigenvalue weighted by Crippen LogP contribution is -2.64. The first-order valence-corrected chi connectivity index (χ1v) is 26.6. The number of hydrogen-bond acceptors (Lipinski definition) is 14. The third-order valence-corrected chi connectivity index (χ3v) is 16.9. The molecule has 71 heavy (non-hydrogen) atoms. The van der Waals surface area contributed by atoms with E-state index >= 15 is 0 Å². The molecule has 0 spiro atoms. The number of methoxy groups -OCH3 is 3. The molecule has 0 radical (unpaired) electrons. The van der Waals surface area contributed by atoms with Gasteiger partial charge in [-0.25, -0.2) is 9.59 Å². The third-order valence-electron chi connectivity index (χ3n) is 16.9. The third kappa shape index (κ3) is 14.7. The second-order valence-corrected chi connectivity index (χ2v) is 22.6. The highest BCUT2D eigenvalue weighted by Crippen LogP contribution is 2.43. The molecule has 2 saturated carbocycles. The largest absolute Gasteiger partial charge is 0.458 e. The van der Waals surface area contributed by atoms with Crippen LogP contribution in [0.5, 0.6) is 0 Å². The van der Waals surface area contributed by atoms with Crippen molar-refractivity contribution < 1.29 is 67.3 Å². The number of ether oxygens (including phenoxy) is 7. The predicted molar refractivity (Wildman–Crippen MR) is 268 cm³/mol. The van der Waals surface area contributed by atoms with E-state index < -0.39 is 95.9 Å². The van der Waals surface area contributed by atoms with E-state index in [4.69, 9.17) is 33.2 Å². The van der Waals surface area contributed by atoms with Crippen LogP contribution in [0.2, 0.25) is 0 Å². The maximum atomic E-state index is 14.6. The summed E-state index contributed by atoms with van der Waals surface area (Å²) in [6.45, 7) is 19.8. The van der Waals surface area contributed by atoms with Crippen molar-refractivity contribution in [2.75, 3.05) is 34.5 Å². The zero-order valence-corrected chi connectivity index (χ0v) is 44.9. The molecule has 0 aromatic rings. The van der Waals surface area contributed by atoms with E-state index in [0.717, 1.165) is 31.3 Å². The molecule has 5 aliphatic rings. The number of Topliss-reactive ketones (excluding diaryl/α,β-unsaturated/α-hetero) is 2. The van der Waals surface area contributed by atoms with Gasteiger partial charge in [-0.15, -0.1) is 6.58 Å². The van der Waals surface area contributed by atoms with Crippen molar-refractivity contribution in [2.24, 2.45) is 40.9 Å². The summed E-state index contributed by atoms with van der Waals surface area (Å²) in [4.78, 5) is 71.9. The normalized spacial score (nSPS) is 39.7. The van der Waals surface area contributed by atoms with E-state index in [9.17, 15) is 34.2 Å². The minimum atomic E-state index is -2.54. The van der Waals surface area contributed by atoms with Crippen LogP contribution < -0.4 is 0 Å². The minimum absolute atomic E-state index is 0.00787. The SMILES string of the molecule is C=CCC1/C=C(\C)CC(C)CC(OC)C2OC(O)(C(=O)C(=O)N3CCCCC3C(=O)OC(C(C)=CC3CCC(OC(=O)COC4CCCC(C)(C(C)C)C4)C(OC)C3)C(C)C(O)CC1=O)C(C)CC2OC. The minimum Gasteiger partial charge on any atom is -0.458 e. The Balaban J connectivity index is 1.41. The van der Waals surface area contributed by atoms with Gasteiger partial charge in [0, 0.05) is 52.0 Å². The second-order valence-electron chi connectivity index (χ2n) is 22.6. The van der Waals surface area contributed by atoms with Crippen molar-refractivity contribution in [1.82, 2.24) is 4.90 Å². The summed E-state index contributed by atoms with van der Waals surface area (Å²) in [5.41, 5.74) is 1.75. The van der Waals surface area contributed by atoms with Crippen LogP contribution in [-0.4, -0.2) is 140 Å². The van der Waals surface area contributed by atoms with Gasteiger partial charge in [-0.2, -0.15) is 0 Å². The average molecular weight is 1000 g/mol. The fourth-order valence-corrected chi connectivity index (χ4v) is 12.1. The molecule has 16 atom stereocenters. The van der Waals surface area contributed by atoms with E-state index in [1.165, 1.54) is 19.1 Å². The Kier molecular flexibility index (Phi) is 21.7. The molecule has 15 nitrogen and oxygen atoms in total. The fourth-order valence-electron chi connectivity index (χ4n) is 12.1. The molecule has 3 heterocycles. The highest BCUT2D eigenvalue weighted by molar-refractivity contribution is 6.39. The number of allylic oxidation sites excluding steroid dienone is 4. The molecular weight excluding hydrogens is 911 g/mol. The number of aliphatic hydroxyl groups is 2. The van der Waals surface area contributed by atoms with Crippen molar-refractivity contribution in [3.05, 3.63) is 36.0 Å². The van der Waals surface area contributed by atoms with E-state index in [-0.39, 0.29) is 61.6 Å². The molecule has 15 heteroatoms. The summed E-state index contributed by atoms with van der Waals surface area (Å²) in [5.74, 6) is -7.94. The van der Waals surface area contributed by atoms with Gasteiger partial charge in [0.15, 0.2) is 0 Å². The average Bonchev–Trinajstić information content (AvgIpc) is 3.34. The summed E-state index contributed by atoms with van der Waals surface area (Å²) in [5, 5.41) is 24.1. The predicted octanol–water partition coefficient (Wildman–Crippen LogP) is 7.81. The Morgan fingerprint density at radius 2 is 1.62 bits per heavy atom. The number of ketones is 2. The molecule has 16 unspecified atom stereocenters. The molecule has 3 aliphatic heterocycles. The van der Waals surface area contributed by atoms with Crippen molar-refractivity contribution in [3.8, 4) is 0 Å². The van der Waals surface area contributed by atoms with Crippen LogP contribution in [0.1, 0.15) is 152 Å². The Morgan fingerprint density at radius 1 is 0.930 bits per heavy atom. The Hall–Kier alpha value is -3.31. The van der Waals surface area contributed by atoms with Gasteiger partial charge in [0.1, 0.15) is 36.7 Å². The zero-order chi connectivity index (χ0) is 52.4. The highest BCUT2D eigenvalue weighted by atomic mass is 16.7. The maximum Gasteiger partial charge on any atom is 0.332 e. The van der Waals surface area contributed by atoms with Crippen LogP contribution in [0, 0.1) is 40.9 Å². The lowest BCUT2D eigenvalue weighted by molar-refractivity contribution is -0.302. The van der Waals surface area contributed by atoms with Crippen LogP contribution in [0.3, 0.4) is 0 Å². The van der Waals surface area contributed by atoms with E-state index in [1.807, 2.05) is 32.9 Å². The molecular formula is C56H89NO14. The van der Waals surface area contributed by atoms with Gasteiger partial charge in [-0.1, -0.05) is 71.8 Å². The monoisotopic (exact) mass is 1000 g/mol. The number of piperidine rings is 1. The Morgan fingerprint density at radius 3 is 2.28 bits per heavy atom. The van der Waals surface area contributed by atoms with Gasteiger partial charge in [0.25, 0.3) is 11.7 Å². The van der Waals surface area contributed by atoms with Gasteiger partial charge in [0.2, 0.25) is 5.79 Å². The summed E-state index contributed by atoms with van der Waals surface area (Å²) >= 11 is 0. The van der Waals surface area contributed by atoms with E-state index in [2.05, 4.69) is 27.4 Å². The molecule has 2 aliphatic carbocycles. The molecule has 2 saturated heterocycles. The van der Waals surface area contributed by atoms with Crippen LogP contribution >= 0.6 is 0 Å². The van der Waals surface area contributed by atoms with Gasteiger partial charge in [-0.3, -0.25) is 14.4 Å². The number of carbonyl (C=O) groups excluding carboxylic acids is 5. The summed E-state index contributed by atoms with van der Waals surface area (Å²) in [7, 11) is 4.64. The zero-order valence-electron chi connectivity index (χ0n) is 44.9. The number of amides is 1. The molecule has 402 valence electrons. The quantitative estimate of drug-likeness (QED) is 0.109. The summed E-state index contributed by atoms with van der Waals surface area (Å²) in [6, 6.07) is -1.18. The van der Waals surface area contributed by atoms with Gasteiger partial charge >= 0.3 is 11.9 Å². The summed E-state index contributed by atoms with van der Waals surface area (Å²) in [6.07, 6.45) is 8.64. The maximum absolute atomic E-state index is 14.6. The Bertz CT molecular complexity index is 1900. The molecule has 0 aromatic carbocycles. The van der Waals surface area contributed by atoms with E-state index in [1.54, 1.807) is 27.0 Å². The number of esters is 2. The molecule has 2 bridgehead atoms. The summed E-state index contributed by atoms with van der Waals surface area (Å²) < 4.78 is 42.5. The van der Waals surface area contributed by atoms with Crippen LogP contribution in [0.4, 0.5) is 0 Å². The van der Waals surface area contributed by atoms with Crippen molar-refractivity contribution in [2.45, 2.75) is 212 Å². The number of cyclic esters (lactones) is 1. The first-order chi connectivity index (χ1) is 33.6. The number of fused-ring (bicyclic) bond motifs is 3. The topological polar surface area (TPSA) is 194 Å². The highest BCUT2D eigenvalue weighted by Gasteiger charge is 2.57. The fraction of sp³-hybridized carbons (Fsp3) is 0.804. The molecule has 5 rings (SSSR count). The molecule has 2 N–H and O–H groups in total. The first-order valence-electron chi connectivity index (χ1n) is 26.6. The smallest absolute Gasteiger partial charge is 0.332 e. The van der Waals surface area contributed by atoms with Crippen molar-refractivity contribution in [3.63, 3.8) is 0 Å². The van der Waals surface area contributed by atoms with Gasteiger partial charge in [0.05, 0.1) is 30.5 Å². The lowest BCUT2D eigenvalue weighted by Gasteiger charge is -2.47. The number of carbonyl (C=O) groups is 5. The number of aliphatic hydroxyl groups excluding tert-OH is 1. The van der Waals surface area contributed by atoms with Crippen molar-refractivity contribution in [1.29, 1.82) is 0 Å². The van der Waals surface area contributed by atoms with Crippen molar-refractivity contribution >= 4 is 29.4 Å². The number of rotatable bonds is 12. The van der Waals surface area contributed by atoms with E-state index in [0.29, 0.717) is 62.9 Å². The first kappa shape index (κ1) is 58.6. The van der Waals surface area contributed by atoms with Gasteiger partial charge < -0.3 is 48.3 Å². The van der Waals surface area contributed by atoms with Gasteiger partial charge in [-0.05, 0) is 126 Å². The number of nitrogens with zero attached hydrogens (tertiary/aromatic N) is 1. The molecule has 4 fully saturated rings. The Labute approximate surface area is 424 Å². The second kappa shape index (κ2) is 26.3. The lowest BCUT2D eigenvalue weighted by atomic mass is 9.67.